The minimum Gasteiger partial charge on any atom is -0.478 e. The van der Waals surface area contributed by atoms with Crippen molar-refractivity contribution >= 4 is 28.6 Å². The van der Waals surface area contributed by atoms with E-state index in [0.29, 0.717) is 22.8 Å². The van der Waals surface area contributed by atoms with Gasteiger partial charge in [0.2, 0.25) is 0 Å². The Hall–Kier alpha value is -2.41. The lowest BCUT2D eigenvalue weighted by atomic mass is 9.85. The molecule has 2 N–H and O–H groups in total. The number of nitrogens with zero attached hydrogens (tertiary/aromatic N) is 2. The van der Waals surface area contributed by atoms with E-state index in [1.165, 1.54) is 0 Å². The summed E-state index contributed by atoms with van der Waals surface area (Å²) in [5.74, 6) is -2.17. The summed E-state index contributed by atoms with van der Waals surface area (Å²) in [5.41, 5.74) is 0.766. The quantitative estimate of drug-likeness (QED) is 0.259. The molecule has 2 heterocycles. The van der Waals surface area contributed by atoms with E-state index in [0.717, 1.165) is 0 Å². The number of aromatic carboxylic acids is 2. The molecule has 10 heteroatoms. The first kappa shape index (κ1) is 37.8. The lowest BCUT2D eigenvalue weighted by molar-refractivity contribution is 0.0598. The van der Waals surface area contributed by atoms with Crippen LogP contribution in [0.3, 0.4) is 0 Å². The predicted octanol–water partition coefficient (Wildman–Crippen LogP) is 9.76. The van der Waals surface area contributed by atoms with Crippen LogP contribution in [-0.2, 0) is 8.85 Å². The summed E-state index contributed by atoms with van der Waals surface area (Å²) in [6, 6.07) is 6.36. The second-order valence-electron chi connectivity index (χ2n) is 17.1. The van der Waals surface area contributed by atoms with Crippen molar-refractivity contribution in [1.82, 2.24) is 9.97 Å². The van der Waals surface area contributed by atoms with E-state index in [1.807, 2.05) is 41.5 Å². The molecule has 0 aliphatic rings. The Kier molecular flexibility index (Phi) is 10.7. The van der Waals surface area contributed by atoms with Crippen molar-refractivity contribution in [2.45, 2.75) is 132 Å². The lowest BCUT2D eigenvalue weighted by Gasteiger charge is -2.43. The smallest absolute Gasteiger partial charge is 0.337 e. The SMILES string of the molecule is CC(C)(C)[C@H](O[Si](C)(C)C(C)(C)C)c1nc(-c2ccc(C(=O)O)c([C@@H](O[Si](C)(C)C(C)(C)C)C(C)(C)C)n2)ccc1C(=O)O. The van der Waals surface area contributed by atoms with Gasteiger partial charge in [-0.25, -0.2) is 19.6 Å². The normalized spacial score (nSPS) is 15.2. The highest BCUT2D eigenvalue weighted by atomic mass is 28.4. The summed E-state index contributed by atoms with van der Waals surface area (Å²) >= 11 is 0. The molecule has 2 aromatic heterocycles. The Morgan fingerprint density at radius 1 is 0.591 bits per heavy atom. The monoisotopic (exact) mass is 644 g/mol. The van der Waals surface area contributed by atoms with E-state index in [1.54, 1.807) is 24.3 Å². The molecule has 0 radical (unpaired) electrons. The predicted molar refractivity (Wildman–Crippen MR) is 182 cm³/mol. The van der Waals surface area contributed by atoms with Gasteiger partial charge in [0, 0.05) is 0 Å². The van der Waals surface area contributed by atoms with Gasteiger partial charge in [-0.3, -0.25) is 0 Å². The first-order valence-electron chi connectivity index (χ1n) is 15.4. The van der Waals surface area contributed by atoms with Crippen molar-refractivity contribution in [2.24, 2.45) is 10.8 Å². The fraction of sp³-hybridized carbons (Fsp3) is 0.647. The molecule has 0 spiro atoms. The number of carbonyl (C=O) groups is 2. The molecule has 0 unspecified atom stereocenters. The van der Waals surface area contributed by atoms with Crippen LogP contribution in [0.25, 0.3) is 11.4 Å². The first-order valence-corrected chi connectivity index (χ1v) is 21.2. The Morgan fingerprint density at radius 3 is 1.07 bits per heavy atom. The van der Waals surface area contributed by atoms with Crippen LogP contribution < -0.4 is 0 Å². The maximum Gasteiger partial charge on any atom is 0.337 e. The van der Waals surface area contributed by atoms with Crippen molar-refractivity contribution in [1.29, 1.82) is 0 Å². The summed E-state index contributed by atoms with van der Waals surface area (Å²) in [6.45, 7) is 33.6. The molecule has 2 atom stereocenters. The van der Waals surface area contributed by atoms with Crippen molar-refractivity contribution in [3.63, 3.8) is 0 Å². The van der Waals surface area contributed by atoms with Crippen LogP contribution in [0.15, 0.2) is 24.3 Å². The Bertz CT molecular complexity index is 1270. The van der Waals surface area contributed by atoms with Gasteiger partial charge in [0.05, 0.1) is 46.1 Å². The zero-order valence-corrected chi connectivity index (χ0v) is 31.9. The molecule has 0 fully saturated rings. The molecule has 44 heavy (non-hydrogen) atoms. The van der Waals surface area contributed by atoms with Gasteiger partial charge in [0.1, 0.15) is 0 Å². The molecular weight excluding hydrogens is 589 g/mol. The van der Waals surface area contributed by atoms with Crippen LogP contribution in [0.4, 0.5) is 0 Å². The van der Waals surface area contributed by atoms with Gasteiger partial charge in [-0.1, -0.05) is 83.1 Å². The van der Waals surface area contributed by atoms with Crippen LogP contribution in [0.5, 0.6) is 0 Å². The third-order valence-electron chi connectivity index (χ3n) is 9.08. The number of carboxylic acids is 2. The van der Waals surface area contributed by atoms with Gasteiger partial charge in [0.15, 0.2) is 16.6 Å². The molecular formula is C34H56N2O6Si2. The maximum atomic E-state index is 12.5. The number of hydrogen-bond acceptors (Lipinski definition) is 6. The molecule has 8 nitrogen and oxygen atoms in total. The van der Waals surface area contributed by atoms with Crippen LogP contribution in [-0.4, -0.2) is 48.8 Å². The van der Waals surface area contributed by atoms with E-state index in [2.05, 4.69) is 67.7 Å². The summed E-state index contributed by atoms with van der Waals surface area (Å²) < 4.78 is 13.8. The van der Waals surface area contributed by atoms with E-state index < -0.39 is 51.6 Å². The molecule has 0 saturated heterocycles. The highest BCUT2D eigenvalue weighted by molar-refractivity contribution is 6.74. The fourth-order valence-electron chi connectivity index (χ4n) is 4.22. The van der Waals surface area contributed by atoms with Gasteiger partial charge in [-0.15, -0.1) is 0 Å². The first-order chi connectivity index (χ1) is 19.5. The van der Waals surface area contributed by atoms with Crippen LogP contribution in [0.1, 0.15) is 127 Å². The Labute approximate surface area is 267 Å². The zero-order chi connectivity index (χ0) is 34.4. The van der Waals surface area contributed by atoms with Crippen LogP contribution in [0.2, 0.25) is 36.3 Å². The largest absolute Gasteiger partial charge is 0.478 e. The van der Waals surface area contributed by atoms with Crippen molar-refractivity contribution in [2.75, 3.05) is 0 Å². The highest BCUT2D eigenvalue weighted by Gasteiger charge is 2.45. The van der Waals surface area contributed by atoms with E-state index >= 15 is 0 Å². The molecule has 246 valence electrons. The highest BCUT2D eigenvalue weighted by Crippen LogP contribution is 2.47. The number of aromatic nitrogens is 2. The molecule has 2 aromatic rings. The second-order valence-corrected chi connectivity index (χ2v) is 26.6. The van der Waals surface area contributed by atoms with Crippen molar-refractivity contribution in [3.05, 3.63) is 46.8 Å². The van der Waals surface area contributed by atoms with E-state index in [4.69, 9.17) is 18.8 Å². The average Bonchev–Trinajstić information content (AvgIpc) is 2.82. The lowest BCUT2D eigenvalue weighted by Crippen LogP contribution is -2.44. The van der Waals surface area contributed by atoms with Gasteiger partial charge >= 0.3 is 11.9 Å². The number of pyridine rings is 2. The Balaban J connectivity index is 2.89. The third-order valence-corrected chi connectivity index (χ3v) is 18.0. The molecule has 0 saturated carbocycles. The maximum absolute atomic E-state index is 12.5. The number of rotatable bonds is 9. The summed E-state index contributed by atoms with van der Waals surface area (Å²) in [7, 11) is -4.69. The zero-order valence-electron chi connectivity index (χ0n) is 29.9. The van der Waals surface area contributed by atoms with Crippen molar-refractivity contribution in [3.8, 4) is 11.4 Å². The summed E-state index contributed by atoms with van der Waals surface area (Å²) in [6.07, 6.45) is -1.20. The van der Waals surface area contributed by atoms with Gasteiger partial charge in [-0.05, 0) is 71.4 Å². The third kappa shape index (κ3) is 8.44. The van der Waals surface area contributed by atoms with Gasteiger partial charge < -0.3 is 19.1 Å². The van der Waals surface area contributed by atoms with E-state index in [9.17, 15) is 19.8 Å². The number of carboxylic acid groups (broad SMARTS) is 2. The fourth-order valence-corrected chi connectivity index (χ4v) is 7.04. The number of hydrogen-bond donors (Lipinski definition) is 2. The standard InChI is InChI=1S/C34H56N2O6Si2/c1-31(2,3)27(41-43(13,14)33(7,8)9)25-21(29(37)38)17-19-23(35-25)24-20-18-22(30(39)40)26(36-24)28(32(4,5)6)42-44(15,16)34(10,11)12/h17-20,27-28H,1-16H3,(H,37,38)(H,39,40)/t27-,28-/m1/s1. The average molecular weight is 645 g/mol. The van der Waals surface area contributed by atoms with Crippen LogP contribution in [0, 0.1) is 10.8 Å². The van der Waals surface area contributed by atoms with Gasteiger partial charge in [-0.2, -0.15) is 0 Å². The Morgan fingerprint density at radius 2 is 0.864 bits per heavy atom. The molecule has 0 aliphatic carbocycles. The molecule has 0 aliphatic heterocycles. The molecule has 0 amide bonds. The minimum atomic E-state index is -2.34. The van der Waals surface area contributed by atoms with Crippen LogP contribution >= 0.6 is 0 Å². The topological polar surface area (TPSA) is 119 Å². The van der Waals surface area contributed by atoms with Crippen molar-refractivity contribution < 1.29 is 28.7 Å². The molecule has 2 rings (SSSR count). The second kappa shape index (κ2) is 12.4. The van der Waals surface area contributed by atoms with Gasteiger partial charge in [0.25, 0.3) is 0 Å². The minimum absolute atomic E-state index is 0.0728. The molecule has 0 bridgehead atoms. The molecule has 0 aromatic carbocycles. The summed E-state index contributed by atoms with van der Waals surface area (Å²) in [5, 5.41) is 20.2. The summed E-state index contributed by atoms with van der Waals surface area (Å²) in [4.78, 5) is 34.8. The van der Waals surface area contributed by atoms with E-state index in [-0.39, 0.29) is 21.2 Å².